The lowest BCUT2D eigenvalue weighted by atomic mass is 9.96. The van der Waals surface area contributed by atoms with Crippen LogP contribution in [0.2, 0.25) is 0 Å². The Labute approximate surface area is 349 Å². The largest absolute Gasteiger partial charge is 0.494 e. The number of nitrogens with zero attached hydrogens (tertiary/aromatic N) is 7. The van der Waals surface area contributed by atoms with Gasteiger partial charge in [0.1, 0.15) is 22.9 Å². The number of ether oxygens (including phenoxy) is 2. The summed E-state index contributed by atoms with van der Waals surface area (Å²) in [6, 6.07) is 16.5. The van der Waals surface area contributed by atoms with Crippen molar-refractivity contribution >= 4 is 50.1 Å². The van der Waals surface area contributed by atoms with E-state index in [-0.39, 0.29) is 17.3 Å². The van der Waals surface area contributed by atoms with Gasteiger partial charge < -0.3 is 24.2 Å². The molecule has 324 valence electrons. The van der Waals surface area contributed by atoms with E-state index in [4.69, 9.17) is 9.47 Å². The fraction of sp³-hybridized carbons (Fsp3) is 0.548. The molecule has 16 nitrogen and oxygen atoms in total. The van der Waals surface area contributed by atoms with Gasteiger partial charge in [-0.25, -0.2) is 0 Å². The van der Waals surface area contributed by atoms with E-state index in [1.165, 1.54) is 57.7 Å². The number of amides is 1. The third-order valence-electron chi connectivity index (χ3n) is 10.2. The second-order valence-corrected chi connectivity index (χ2v) is 17.3. The maximum absolute atomic E-state index is 12.7. The van der Waals surface area contributed by atoms with E-state index in [0.717, 1.165) is 31.6 Å². The van der Waals surface area contributed by atoms with Gasteiger partial charge in [0.2, 0.25) is 5.91 Å². The van der Waals surface area contributed by atoms with Crippen molar-refractivity contribution in [2.45, 2.75) is 72.1 Å². The standard InChI is InChI=1S/C42H62N8O8S/c1-32(2)12-8-13-33(3)23-28-50(5,27-11-29-59(54,55)56)26-10-24-43-42(51)14-9-25-48(4)36-19-15-34(16-20-36)44-46-38-30-41(58-7)39(31-40(38)57-6)47-45-35-17-21-37(22-18-35)49(52)53/h15-22,30-33H,8-14,23-29H2,1-7H3,(H-,43,51,54,55,56)/p+1. The van der Waals surface area contributed by atoms with Crippen molar-refractivity contribution in [3.05, 3.63) is 70.8 Å². The Morgan fingerprint density at radius 1 is 0.831 bits per heavy atom. The van der Waals surface area contributed by atoms with Gasteiger partial charge in [-0.1, -0.05) is 40.0 Å². The zero-order valence-electron chi connectivity index (χ0n) is 35.7. The monoisotopic (exact) mass is 839 g/mol. The molecule has 2 atom stereocenters. The Balaban J connectivity index is 1.47. The highest BCUT2D eigenvalue weighted by molar-refractivity contribution is 7.85. The summed E-state index contributed by atoms with van der Waals surface area (Å²) in [5, 5.41) is 31.1. The van der Waals surface area contributed by atoms with Crippen LogP contribution in [0.5, 0.6) is 11.5 Å². The molecule has 2 N–H and O–H groups in total. The van der Waals surface area contributed by atoms with Gasteiger partial charge in [-0.05, 0) is 61.1 Å². The number of hydrogen-bond donors (Lipinski definition) is 2. The lowest BCUT2D eigenvalue weighted by Crippen LogP contribution is -2.48. The van der Waals surface area contributed by atoms with E-state index in [1.54, 1.807) is 12.1 Å². The Morgan fingerprint density at radius 3 is 1.92 bits per heavy atom. The molecular formula is C42H63N8O8S+. The first-order valence-corrected chi connectivity index (χ1v) is 21.8. The van der Waals surface area contributed by atoms with E-state index < -0.39 is 15.0 Å². The van der Waals surface area contributed by atoms with Crippen molar-refractivity contribution in [3.8, 4) is 11.5 Å². The number of nitrogens with one attached hydrogen (secondary N) is 1. The minimum Gasteiger partial charge on any atom is -0.494 e. The number of methoxy groups -OCH3 is 2. The van der Waals surface area contributed by atoms with Crippen molar-refractivity contribution in [3.63, 3.8) is 0 Å². The molecule has 17 heteroatoms. The van der Waals surface area contributed by atoms with Crippen LogP contribution >= 0.6 is 0 Å². The minimum atomic E-state index is -4.00. The molecule has 0 bridgehead atoms. The SMILES string of the molecule is COc1cc(N=Nc2ccc([N+](=O)[O-])cc2)c(OC)cc1N=Nc1ccc(N(C)CCCC(=O)NCCC[N+](C)(CCCS(=O)(=O)O)CCC(C)CCCC(C)C)cc1. The van der Waals surface area contributed by atoms with E-state index in [9.17, 15) is 27.9 Å². The molecule has 0 aliphatic heterocycles. The van der Waals surface area contributed by atoms with Crippen LogP contribution in [0.1, 0.15) is 72.1 Å². The number of nitro benzene ring substituents is 1. The normalized spacial score (nSPS) is 13.4. The van der Waals surface area contributed by atoms with Crippen molar-refractivity contribution < 1.29 is 36.6 Å². The third-order valence-corrected chi connectivity index (χ3v) is 11.0. The Morgan fingerprint density at radius 2 is 1.39 bits per heavy atom. The minimum absolute atomic E-state index is 0.00107. The molecule has 0 saturated carbocycles. The van der Waals surface area contributed by atoms with Gasteiger partial charge in [0.25, 0.3) is 15.8 Å². The van der Waals surface area contributed by atoms with Gasteiger partial charge >= 0.3 is 0 Å². The van der Waals surface area contributed by atoms with Gasteiger partial charge in [0.05, 0.1) is 63.0 Å². The molecule has 59 heavy (non-hydrogen) atoms. The fourth-order valence-corrected chi connectivity index (χ4v) is 7.05. The molecule has 3 aromatic carbocycles. The maximum Gasteiger partial charge on any atom is 0.269 e. The summed E-state index contributed by atoms with van der Waals surface area (Å²) in [7, 11) is 3.12. The predicted molar refractivity (Wildman–Crippen MR) is 232 cm³/mol. The number of quaternary nitrogens is 1. The first-order chi connectivity index (χ1) is 28.0. The van der Waals surface area contributed by atoms with Crippen molar-refractivity contribution in [2.24, 2.45) is 32.3 Å². The second kappa shape index (κ2) is 24.2. The highest BCUT2D eigenvalue weighted by atomic mass is 32.2. The summed E-state index contributed by atoms with van der Waals surface area (Å²) >= 11 is 0. The summed E-state index contributed by atoms with van der Waals surface area (Å²) in [6.45, 7) is 10.4. The highest BCUT2D eigenvalue weighted by Crippen LogP contribution is 2.41. The smallest absolute Gasteiger partial charge is 0.269 e. The first kappa shape index (κ1) is 48.4. The molecule has 3 rings (SSSR count). The average molecular weight is 840 g/mol. The Bertz CT molecular complexity index is 1940. The van der Waals surface area contributed by atoms with E-state index in [0.29, 0.717) is 89.5 Å². The van der Waals surface area contributed by atoms with Gasteiger partial charge in [-0.2, -0.15) is 18.6 Å². The molecule has 2 unspecified atom stereocenters. The number of hydrogen-bond acceptors (Lipinski definition) is 12. The molecule has 0 heterocycles. The molecule has 3 aromatic rings. The molecule has 0 aliphatic carbocycles. The highest BCUT2D eigenvalue weighted by Gasteiger charge is 2.23. The average Bonchev–Trinajstić information content (AvgIpc) is 3.19. The van der Waals surface area contributed by atoms with Crippen LogP contribution in [0, 0.1) is 22.0 Å². The van der Waals surface area contributed by atoms with Gasteiger partial charge in [-0.3, -0.25) is 19.5 Å². The van der Waals surface area contributed by atoms with Gasteiger partial charge in [-0.15, -0.1) is 10.2 Å². The maximum atomic E-state index is 12.7. The quantitative estimate of drug-likeness (QED) is 0.0187. The fourth-order valence-electron chi connectivity index (χ4n) is 6.56. The van der Waals surface area contributed by atoms with Crippen LogP contribution in [0.3, 0.4) is 0 Å². The zero-order chi connectivity index (χ0) is 43.4. The van der Waals surface area contributed by atoms with E-state index >= 15 is 0 Å². The van der Waals surface area contributed by atoms with Crippen LogP contribution in [0.15, 0.2) is 81.1 Å². The topological polar surface area (TPSA) is 198 Å². The van der Waals surface area contributed by atoms with Crippen LogP contribution in [-0.2, 0) is 14.9 Å². The first-order valence-electron chi connectivity index (χ1n) is 20.2. The van der Waals surface area contributed by atoms with E-state index in [2.05, 4.69) is 58.5 Å². The predicted octanol–water partition coefficient (Wildman–Crippen LogP) is 9.74. The number of azo groups is 2. The lowest BCUT2D eigenvalue weighted by Gasteiger charge is -2.35. The van der Waals surface area contributed by atoms with Crippen LogP contribution in [-0.4, -0.2) is 95.1 Å². The van der Waals surface area contributed by atoms with Gasteiger partial charge in [0, 0.05) is 69.4 Å². The van der Waals surface area contributed by atoms with E-state index in [1.807, 2.05) is 31.3 Å². The van der Waals surface area contributed by atoms with Crippen LogP contribution in [0.25, 0.3) is 0 Å². The van der Waals surface area contributed by atoms with Crippen molar-refractivity contribution in [1.29, 1.82) is 0 Å². The summed E-state index contributed by atoms with van der Waals surface area (Å²) in [5.74, 6) is 1.83. The number of nitro groups is 1. The number of rotatable bonds is 27. The van der Waals surface area contributed by atoms with Crippen molar-refractivity contribution in [1.82, 2.24) is 5.32 Å². The molecule has 0 radical (unpaired) electrons. The number of carbonyl (C=O) groups is 1. The summed E-state index contributed by atoms with van der Waals surface area (Å²) in [4.78, 5) is 25.2. The number of non-ortho nitro benzene ring substituents is 1. The number of anilines is 1. The lowest BCUT2D eigenvalue weighted by molar-refractivity contribution is -0.910. The van der Waals surface area contributed by atoms with Crippen LogP contribution < -0.4 is 19.7 Å². The molecule has 0 aromatic heterocycles. The summed E-state index contributed by atoms with van der Waals surface area (Å²) in [6.07, 6.45) is 6.92. The molecule has 0 fully saturated rings. The summed E-state index contributed by atoms with van der Waals surface area (Å²) in [5.41, 5.74) is 2.76. The van der Waals surface area contributed by atoms with Crippen LogP contribution in [0.4, 0.5) is 34.1 Å². The van der Waals surface area contributed by atoms with Crippen molar-refractivity contribution in [2.75, 3.05) is 71.7 Å². The second-order valence-electron chi connectivity index (χ2n) is 15.8. The molecule has 0 spiro atoms. The number of benzene rings is 3. The number of carbonyl (C=O) groups excluding carboxylic acids is 1. The molecule has 0 saturated heterocycles. The zero-order valence-corrected chi connectivity index (χ0v) is 36.5. The summed E-state index contributed by atoms with van der Waals surface area (Å²) < 4.78 is 43.7. The molecule has 0 aliphatic rings. The van der Waals surface area contributed by atoms with Gasteiger partial charge in [0.15, 0.2) is 0 Å². The molecular weight excluding hydrogens is 777 g/mol. The Hall–Kier alpha value is -5.00. The Kier molecular flexibility index (Phi) is 19.8. The molecule has 1 amide bonds. The third kappa shape index (κ3) is 18.2.